The average Bonchev–Trinajstić information content (AvgIpc) is 2.91. The number of H-pyrrole nitrogens is 1. The molecule has 1 atom stereocenters. The van der Waals surface area contributed by atoms with Crippen LogP contribution in [0.25, 0.3) is 0 Å². The van der Waals surface area contributed by atoms with E-state index in [0.29, 0.717) is 22.8 Å². The van der Waals surface area contributed by atoms with Gasteiger partial charge in [0.2, 0.25) is 0 Å². The van der Waals surface area contributed by atoms with E-state index in [4.69, 9.17) is 16.3 Å². The maximum atomic E-state index is 12.3. The van der Waals surface area contributed by atoms with Crippen LogP contribution in [0.4, 0.5) is 0 Å². The highest BCUT2D eigenvalue weighted by Gasteiger charge is 2.17. The maximum Gasteiger partial charge on any atom is 0.293 e. The second-order valence-electron chi connectivity index (χ2n) is 4.21. The maximum absolute atomic E-state index is 12.3. The van der Waals surface area contributed by atoms with Gasteiger partial charge in [0.05, 0.1) is 11.3 Å². The van der Waals surface area contributed by atoms with Crippen LogP contribution in [0.15, 0.2) is 30.5 Å². The second-order valence-corrected chi connectivity index (χ2v) is 4.65. The number of halogens is 1. The van der Waals surface area contributed by atoms with Gasteiger partial charge >= 0.3 is 0 Å². The van der Waals surface area contributed by atoms with Crippen molar-refractivity contribution in [1.82, 2.24) is 4.98 Å². The van der Waals surface area contributed by atoms with E-state index in [1.807, 2.05) is 0 Å². The third-order valence-corrected chi connectivity index (χ3v) is 3.10. The van der Waals surface area contributed by atoms with Crippen molar-refractivity contribution in [1.29, 1.82) is 0 Å². The first-order valence-electron chi connectivity index (χ1n) is 5.83. The molecule has 0 aliphatic rings. The summed E-state index contributed by atoms with van der Waals surface area (Å²) < 4.78 is 4.78. The van der Waals surface area contributed by atoms with E-state index in [1.54, 1.807) is 13.0 Å². The zero-order valence-electron chi connectivity index (χ0n) is 10.6. The molecule has 0 aliphatic carbocycles. The summed E-state index contributed by atoms with van der Waals surface area (Å²) in [5, 5.41) is 10.1. The number of rotatable bonds is 5. The van der Waals surface area contributed by atoms with Gasteiger partial charge in [0.1, 0.15) is 11.9 Å². The predicted octanol–water partition coefficient (Wildman–Crippen LogP) is 2.84. The highest BCUT2D eigenvalue weighted by molar-refractivity contribution is 6.31. The molecule has 0 saturated heterocycles. The quantitative estimate of drug-likeness (QED) is 0.656. The van der Waals surface area contributed by atoms with Crippen molar-refractivity contribution in [2.45, 2.75) is 13.0 Å². The summed E-state index contributed by atoms with van der Waals surface area (Å²) in [7, 11) is 0. The van der Waals surface area contributed by atoms with Crippen LogP contribution < -0.4 is 0 Å². The number of nitrogens with one attached hydrogen (secondary N) is 1. The van der Waals surface area contributed by atoms with Gasteiger partial charge in [-0.3, -0.25) is 9.59 Å². The lowest BCUT2D eigenvalue weighted by molar-refractivity contribution is -0.133. The first-order valence-corrected chi connectivity index (χ1v) is 6.21. The summed E-state index contributed by atoms with van der Waals surface area (Å²) in [6.45, 7) is 2.02. The predicted molar refractivity (Wildman–Crippen MR) is 72.9 cm³/mol. The normalized spacial score (nSPS) is 11.9. The Morgan fingerprint density at radius 1 is 1.45 bits per heavy atom. The molecule has 1 heterocycles. The van der Waals surface area contributed by atoms with Gasteiger partial charge in [-0.1, -0.05) is 11.6 Å². The topological polar surface area (TPSA) is 79.4 Å². The molecule has 0 fully saturated rings. The molecule has 0 spiro atoms. The molecule has 2 aromatic rings. The van der Waals surface area contributed by atoms with E-state index in [0.717, 1.165) is 0 Å². The fourth-order valence-corrected chi connectivity index (χ4v) is 1.95. The van der Waals surface area contributed by atoms with E-state index in [1.165, 1.54) is 24.4 Å². The molecular formula is C14H12ClNO4. The van der Waals surface area contributed by atoms with Crippen molar-refractivity contribution in [2.24, 2.45) is 0 Å². The molecule has 0 bridgehead atoms. The Labute approximate surface area is 120 Å². The third kappa shape index (κ3) is 2.83. The molecule has 0 saturated carbocycles. The van der Waals surface area contributed by atoms with Gasteiger partial charge in [0.15, 0.2) is 5.78 Å². The lowest BCUT2D eigenvalue weighted by Gasteiger charge is -2.06. The van der Waals surface area contributed by atoms with Gasteiger partial charge in [-0.05, 0) is 31.2 Å². The van der Waals surface area contributed by atoms with Gasteiger partial charge < -0.3 is 14.8 Å². The first-order chi connectivity index (χ1) is 9.52. The van der Waals surface area contributed by atoms with Gasteiger partial charge in [-0.15, -0.1) is 0 Å². The second kappa shape index (κ2) is 5.79. The fourth-order valence-electron chi connectivity index (χ4n) is 1.78. The number of aromatic amines is 1. The van der Waals surface area contributed by atoms with Crippen LogP contribution in [0.2, 0.25) is 5.02 Å². The van der Waals surface area contributed by atoms with Crippen LogP contribution in [0.3, 0.4) is 0 Å². The Hall–Kier alpha value is -2.27. The number of benzene rings is 1. The Kier molecular flexibility index (Phi) is 4.10. The molecule has 5 nitrogen and oxygen atoms in total. The summed E-state index contributed by atoms with van der Waals surface area (Å²) in [4.78, 5) is 25.4. The Morgan fingerprint density at radius 3 is 2.90 bits per heavy atom. The lowest BCUT2D eigenvalue weighted by atomic mass is 10.0. The van der Waals surface area contributed by atoms with Gasteiger partial charge in [0.25, 0.3) is 6.47 Å². The number of ether oxygens (including phenoxy) is 1. The molecule has 1 aromatic carbocycles. The Morgan fingerprint density at radius 2 is 2.20 bits per heavy atom. The van der Waals surface area contributed by atoms with Crippen LogP contribution in [-0.4, -0.2) is 22.3 Å². The summed E-state index contributed by atoms with van der Waals surface area (Å²) in [5.41, 5.74) is 1.05. The highest BCUT2D eigenvalue weighted by atomic mass is 35.5. The van der Waals surface area contributed by atoms with Crippen molar-refractivity contribution in [3.8, 4) is 5.75 Å². The number of carbonyl (C=O) groups excluding carboxylic acids is 2. The van der Waals surface area contributed by atoms with Crippen LogP contribution in [0.5, 0.6) is 5.75 Å². The Bertz CT molecular complexity index is 650. The van der Waals surface area contributed by atoms with Crippen molar-refractivity contribution in [3.63, 3.8) is 0 Å². The number of carbonyl (C=O) groups is 2. The number of hydrogen-bond acceptors (Lipinski definition) is 4. The standard InChI is InChI=1S/C14H12ClNO4/c1-8(20-7-17)12-4-9(6-16-12)14(19)11-5-10(15)2-3-13(11)18/h2-8,16,18H,1H3. The first kappa shape index (κ1) is 14.1. The molecule has 1 unspecified atom stereocenters. The highest BCUT2D eigenvalue weighted by Crippen LogP contribution is 2.25. The molecule has 104 valence electrons. The van der Waals surface area contributed by atoms with Crippen molar-refractivity contribution in [3.05, 3.63) is 52.3 Å². The number of phenolic OH excluding ortho intramolecular Hbond substituents is 1. The number of aromatic hydroxyl groups is 1. The molecule has 0 aliphatic heterocycles. The van der Waals surface area contributed by atoms with Crippen LogP contribution in [0.1, 0.15) is 34.6 Å². The SMILES string of the molecule is CC(OC=O)c1cc(C(=O)c2cc(Cl)ccc2O)c[nH]1. The molecule has 2 rings (SSSR count). The molecule has 2 N–H and O–H groups in total. The zero-order chi connectivity index (χ0) is 14.7. The monoisotopic (exact) mass is 293 g/mol. The summed E-state index contributed by atoms with van der Waals surface area (Å²) >= 11 is 5.82. The van der Waals surface area contributed by atoms with Crippen LogP contribution in [0, 0.1) is 0 Å². The molecule has 20 heavy (non-hydrogen) atoms. The van der Waals surface area contributed by atoms with Crippen LogP contribution >= 0.6 is 11.6 Å². The molecule has 1 aromatic heterocycles. The van der Waals surface area contributed by atoms with Crippen LogP contribution in [-0.2, 0) is 9.53 Å². The van der Waals surface area contributed by atoms with Crippen molar-refractivity contribution >= 4 is 23.9 Å². The number of aromatic nitrogens is 1. The lowest BCUT2D eigenvalue weighted by Crippen LogP contribution is -2.01. The largest absolute Gasteiger partial charge is 0.507 e. The van der Waals surface area contributed by atoms with E-state index in [9.17, 15) is 14.7 Å². The molecule has 0 radical (unpaired) electrons. The summed E-state index contributed by atoms with van der Waals surface area (Å²) in [5.74, 6) is -0.509. The number of hydrogen-bond donors (Lipinski definition) is 2. The minimum atomic E-state index is -0.484. The molecule has 0 amide bonds. The molecular weight excluding hydrogens is 282 g/mol. The van der Waals surface area contributed by atoms with Gasteiger partial charge in [0, 0.05) is 16.8 Å². The third-order valence-electron chi connectivity index (χ3n) is 2.87. The van der Waals surface area contributed by atoms with E-state index >= 15 is 0 Å². The molecule has 6 heteroatoms. The van der Waals surface area contributed by atoms with E-state index in [2.05, 4.69) is 4.98 Å². The van der Waals surface area contributed by atoms with Gasteiger partial charge in [-0.2, -0.15) is 0 Å². The van der Waals surface area contributed by atoms with Gasteiger partial charge in [-0.25, -0.2) is 0 Å². The smallest absolute Gasteiger partial charge is 0.293 e. The number of phenols is 1. The van der Waals surface area contributed by atoms with Crippen molar-refractivity contribution < 1.29 is 19.4 Å². The summed E-state index contributed by atoms with van der Waals surface area (Å²) in [6.07, 6.45) is 1.00. The van der Waals surface area contributed by atoms with Crippen molar-refractivity contribution in [2.75, 3.05) is 0 Å². The summed E-state index contributed by atoms with van der Waals surface area (Å²) in [6, 6.07) is 5.82. The average molecular weight is 294 g/mol. The number of ketones is 1. The zero-order valence-corrected chi connectivity index (χ0v) is 11.3. The van der Waals surface area contributed by atoms with E-state index < -0.39 is 6.10 Å². The fraction of sp³-hybridized carbons (Fsp3) is 0.143. The minimum absolute atomic E-state index is 0.118. The Balaban J connectivity index is 2.30. The van der Waals surface area contributed by atoms with E-state index in [-0.39, 0.29) is 17.1 Å². The minimum Gasteiger partial charge on any atom is -0.507 e.